The van der Waals surface area contributed by atoms with Crippen molar-refractivity contribution in [2.45, 2.75) is 45.7 Å². The van der Waals surface area contributed by atoms with Gasteiger partial charge in [0, 0.05) is 25.5 Å². The summed E-state index contributed by atoms with van der Waals surface area (Å²) in [4.78, 5) is 4.39. The fourth-order valence-electron chi connectivity index (χ4n) is 2.94. The van der Waals surface area contributed by atoms with Gasteiger partial charge >= 0.3 is 0 Å². The summed E-state index contributed by atoms with van der Waals surface area (Å²) in [5.41, 5.74) is 0. The lowest BCUT2D eigenvalue weighted by Crippen LogP contribution is -2.27. The molecule has 1 fully saturated rings. The lowest BCUT2D eigenvalue weighted by molar-refractivity contribution is 0.192. The highest BCUT2D eigenvalue weighted by Gasteiger charge is 2.25. The maximum absolute atomic E-state index is 9.29. The molecule has 102 valence electrons. The number of rotatable bonds is 7. The van der Waals surface area contributed by atoms with Gasteiger partial charge in [-0.2, -0.15) is 0 Å². The molecule has 0 amide bonds. The summed E-state index contributed by atoms with van der Waals surface area (Å²) in [7, 11) is 0. The Hall–Kier alpha value is -0.870. The van der Waals surface area contributed by atoms with Crippen LogP contribution in [0.3, 0.4) is 0 Å². The summed E-state index contributed by atoms with van der Waals surface area (Å²) in [5.74, 6) is 2.27. The normalized spacial score (nSPS) is 23.7. The average molecular weight is 251 g/mol. The lowest BCUT2D eigenvalue weighted by Gasteiger charge is -2.17. The van der Waals surface area contributed by atoms with Crippen LogP contribution in [0.25, 0.3) is 0 Å². The molecule has 2 atom stereocenters. The molecule has 4 heteroatoms. The first-order valence-electron chi connectivity index (χ1n) is 7.16. The number of nitrogens with zero attached hydrogens (tertiary/aromatic N) is 2. The van der Waals surface area contributed by atoms with Crippen LogP contribution in [0.2, 0.25) is 0 Å². The van der Waals surface area contributed by atoms with Gasteiger partial charge in [0.05, 0.1) is 6.54 Å². The highest BCUT2D eigenvalue weighted by Crippen LogP contribution is 2.30. The molecule has 1 aromatic rings. The minimum atomic E-state index is 0.344. The third-order valence-corrected chi connectivity index (χ3v) is 4.01. The number of hydrogen-bond donors (Lipinski definition) is 2. The molecule has 0 aliphatic heterocycles. The summed E-state index contributed by atoms with van der Waals surface area (Å²) in [5, 5.41) is 12.8. The van der Waals surface area contributed by atoms with E-state index in [9.17, 15) is 5.11 Å². The van der Waals surface area contributed by atoms with Gasteiger partial charge in [-0.15, -0.1) is 0 Å². The first-order valence-corrected chi connectivity index (χ1v) is 7.16. The smallest absolute Gasteiger partial charge is 0.122 e. The SMILES string of the molecule is CCCn1ccnc1CNCC1CCCC1CO. The van der Waals surface area contributed by atoms with E-state index in [0.717, 1.165) is 31.9 Å². The van der Waals surface area contributed by atoms with E-state index >= 15 is 0 Å². The van der Waals surface area contributed by atoms with Crippen LogP contribution in [0.1, 0.15) is 38.4 Å². The lowest BCUT2D eigenvalue weighted by atomic mass is 9.97. The highest BCUT2D eigenvalue weighted by molar-refractivity contribution is 4.92. The van der Waals surface area contributed by atoms with E-state index in [1.807, 2.05) is 12.4 Å². The molecule has 2 N–H and O–H groups in total. The highest BCUT2D eigenvalue weighted by atomic mass is 16.3. The summed E-state index contributed by atoms with van der Waals surface area (Å²) in [6.07, 6.45) is 8.76. The predicted molar refractivity (Wildman–Crippen MR) is 72.1 cm³/mol. The molecule has 18 heavy (non-hydrogen) atoms. The Kier molecular flexibility index (Phi) is 5.20. The van der Waals surface area contributed by atoms with Crippen molar-refractivity contribution in [2.24, 2.45) is 11.8 Å². The zero-order valence-corrected chi connectivity index (χ0v) is 11.3. The predicted octanol–water partition coefficient (Wildman–Crippen LogP) is 1.79. The Morgan fingerprint density at radius 3 is 3.06 bits per heavy atom. The van der Waals surface area contributed by atoms with E-state index in [1.165, 1.54) is 19.3 Å². The number of aliphatic hydroxyl groups excluding tert-OH is 1. The van der Waals surface area contributed by atoms with E-state index in [0.29, 0.717) is 18.4 Å². The Bertz CT molecular complexity index is 351. The largest absolute Gasteiger partial charge is 0.396 e. The van der Waals surface area contributed by atoms with Crippen LogP contribution in [0.4, 0.5) is 0 Å². The number of aliphatic hydroxyl groups is 1. The van der Waals surface area contributed by atoms with Crippen molar-refractivity contribution in [2.75, 3.05) is 13.2 Å². The fraction of sp³-hybridized carbons (Fsp3) is 0.786. The van der Waals surface area contributed by atoms with Crippen molar-refractivity contribution < 1.29 is 5.11 Å². The number of aryl methyl sites for hydroxylation is 1. The van der Waals surface area contributed by atoms with Gasteiger partial charge in [-0.25, -0.2) is 4.98 Å². The molecule has 0 saturated heterocycles. The van der Waals surface area contributed by atoms with E-state index < -0.39 is 0 Å². The second-order valence-electron chi connectivity index (χ2n) is 5.30. The molecule has 4 nitrogen and oxygen atoms in total. The third-order valence-electron chi connectivity index (χ3n) is 4.01. The van der Waals surface area contributed by atoms with Crippen LogP contribution in [-0.2, 0) is 13.1 Å². The van der Waals surface area contributed by atoms with E-state index in [-0.39, 0.29) is 0 Å². The van der Waals surface area contributed by atoms with Gasteiger partial charge in [-0.1, -0.05) is 13.3 Å². The zero-order chi connectivity index (χ0) is 12.8. The third kappa shape index (κ3) is 3.33. The van der Waals surface area contributed by atoms with Gasteiger partial charge in [0.2, 0.25) is 0 Å². The fourth-order valence-corrected chi connectivity index (χ4v) is 2.94. The summed E-state index contributed by atoms with van der Waals surface area (Å²) in [6.45, 7) is 5.41. The Labute approximate surface area is 109 Å². The molecule has 2 rings (SSSR count). The summed E-state index contributed by atoms with van der Waals surface area (Å²) >= 11 is 0. The van der Waals surface area contributed by atoms with Crippen LogP contribution < -0.4 is 5.32 Å². The van der Waals surface area contributed by atoms with Gasteiger partial charge in [-0.3, -0.25) is 0 Å². The maximum atomic E-state index is 9.29. The van der Waals surface area contributed by atoms with Crippen molar-refractivity contribution in [3.05, 3.63) is 18.2 Å². The molecule has 0 aromatic carbocycles. The molecule has 2 unspecified atom stereocenters. The molecule has 0 spiro atoms. The first kappa shape index (κ1) is 13.6. The van der Waals surface area contributed by atoms with Crippen molar-refractivity contribution in [1.29, 1.82) is 0 Å². The van der Waals surface area contributed by atoms with Crippen molar-refractivity contribution in [1.82, 2.24) is 14.9 Å². The zero-order valence-electron chi connectivity index (χ0n) is 11.3. The minimum Gasteiger partial charge on any atom is -0.396 e. The van der Waals surface area contributed by atoms with Crippen LogP contribution >= 0.6 is 0 Å². The quantitative estimate of drug-likeness (QED) is 0.777. The molecule has 0 bridgehead atoms. The van der Waals surface area contributed by atoms with Crippen molar-refractivity contribution >= 4 is 0 Å². The van der Waals surface area contributed by atoms with E-state index in [4.69, 9.17) is 0 Å². The maximum Gasteiger partial charge on any atom is 0.122 e. The molecule has 1 saturated carbocycles. The second kappa shape index (κ2) is 6.90. The first-order chi connectivity index (χ1) is 8.85. The number of nitrogens with one attached hydrogen (secondary N) is 1. The Morgan fingerprint density at radius 1 is 1.44 bits per heavy atom. The molecular formula is C14H25N3O. The average Bonchev–Trinajstić information content (AvgIpc) is 2.99. The topological polar surface area (TPSA) is 50.1 Å². The summed E-state index contributed by atoms with van der Waals surface area (Å²) < 4.78 is 2.21. The number of hydrogen-bond acceptors (Lipinski definition) is 3. The van der Waals surface area contributed by atoms with Crippen LogP contribution in [0.5, 0.6) is 0 Å². The van der Waals surface area contributed by atoms with Gasteiger partial charge in [0.25, 0.3) is 0 Å². The van der Waals surface area contributed by atoms with Gasteiger partial charge < -0.3 is 15.0 Å². The summed E-state index contributed by atoms with van der Waals surface area (Å²) in [6, 6.07) is 0. The number of aromatic nitrogens is 2. The minimum absolute atomic E-state index is 0.344. The molecule has 1 aliphatic rings. The molecular weight excluding hydrogens is 226 g/mol. The van der Waals surface area contributed by atoms with Gasteiger partial charge in [0.15, 0.2) is 0 Å². The van der Waals surface area contributed by atoms with E-state index in [2.05, 4.69) is 21.8 Å². The van der Waals surface area contributed by atoms with Crippen LogP contribution in [-0.4, -0.2) is 27.8 Å². The van der Waals surface area contributed by atoms with Crippen molar-refractivity contribution in [3.63, 3.8) is 0 Å². The van der Waals surface area contributed by atoms with Crippen LogP contribution in [0, 0.1) is 11.8 Å². The van der Waals surface area contributed by atoms with Crippen molar-refractivity contribution in [3.8, 4) is 0 Å². The Morgan fingerprint density at radius 2 is 2.28 bits per heavy atom. The molecule has 0 radical (unpaired) electrons. The molecule has 1 aromatic heterocycles. The Balaban J connectivity index is 1.76. The standard InChI is InChI=1S/C14H25N3O/c1-2-7-17-8-6-16-14(17)10-15-9-12-4-3-5-13(12)11-18/h6,8,12-13,15,18H,2-5,7,9-11H2,1H3. The van der Waals surface area contributed by atoms with E-state index in [1.54, 1.807) is 0 Å². The monoisotopic (exact) mass is 251 g/mol. The second-order valence-corrected chi connectivity index (χ2v) is 5.30. The molecule has 1 heterocycles. The van der Waals surface area contributed by atoms with Crippen LogP contribution in [0.15, 0.2) is 12.4 Å². The van der Waals surface area contributed by atoms with Gasteiger partial charge in [-0.05, 0) is 37.6 Å². The molecule has 1 aliphatic carbocycles. The van der Waals surface area contributed by atoms with Gasteiger partial charge in [0.1, 0.15) is 5.82 Å². The number of imidazole rings is 1.